The summed E-state index contributed by atoms with van der Waals surface area (Å²) in [6.07, 6.45) is 6.30. The summed E-state index contributed by atoms with van der Waals surface area (Å²) < 4.78 is 0. The summed E-state index contributed by atoms with van der Waals surface area (Å²) in [4.78, 5) is 17.8. The van der Waals surface area contributed by atoms with Crippen LogP contribution < -0.4 is 5.73 Å². The number of hydrogen-bond donors (Lipinski definition) is 1. The van der Waals surface area contributed by atoms with E-state index in [1.807, 2.05) is 49.4 Å². The molecule has 0 saturated carbocycles. The van der Waals surface area contributed by atoms with E-state index in [1.165, 1.54) is 22.3 Å². The van der Waals surface area contributed by atoms with Crippen LogP contribution in [0.2, 0.25) is 0 Å². The summed E-state index contributed by atoms with van der Waals surface area (Å²) >= 11 is 0. The van der Waals surface area contributed by atoms with Gasteiger partial charge in [-0.3, -0.25) is 9.78 Å². The van der Waals surface area contributed by atoms with Crippen molar-refractivity contribution in [3.8, 4) is 11.1 Å². The summed E-state index contributed by atoms with van der Waals surface area (Å²) in [5, 5.41) is 0. The molecular weight excluding hydrogens is 416 g/mol. The number of aryl methyl sites for hydroxylation is 2. The third-order valence-corrected chi connectivity index (χ3v) is 6.47. The fourth-order valence-corrected chi connectivity index (χ4v) is 4.66. The van der Waals surface area contributed by atoms with Gasteiger partial charge in [-0.25, -0.2) is 0 Å². The molecule has 3 heteroatoms. The van der Waals surface area contributed by atoms with Gasteiger partial charge < -0.3 is 5.73 Å². The topological polar surface area (TPSA) is 56.0 Å². The molecule has 0 fully saturated rings. The summed E-state index contributed by atoms with van der Waals surface area (Å²) in [7, 11) is 0. The van der Waals surface area contributed by atoms with Crippen LogP contribution in [0.1, 0.15) is 49.6 Å². The molecule has 0 amide bonds. The Kier molecular flexibility index (Phi) is 5.85. The molecule has 0 unspecified atom stereocenters. The van der Waals surface area contributed by atoms with Crippen LogP contribution in [0.4, 0.5) is 5.69 Å². The number of nitrogens with two attached hydrogens (primary N) is 1. The lowest BCUT2D eigenvalue weighted by Crippen LogP contribution is -2.05. The van der Waals surface area contributed by atoms with Gasteiger partial charge in [0.05, 0.1) is 5.69 Å². The fraction of sp³-hybridized carbons (Fsp3) is 0.161. The van der Waals surface area contributed by atoms with Crippen LogP contribution in [0.25, 0.3) is 17.2 Å². The average molecular weight is 445 g/mol. The molecule has 0 atom stereocenters. The molecule has 0 saturated heterocycles. The number of fused-ring (bicyclic) bond motifs is 1. The van der Waals surface area contributed by atoms with Gasteiger partial charge >= 0.3 is 0 Å². The van der Waals surface area contributed by atoms with Gasteiger partial charge in [-0.05, 0) is 65.9 Å². The van der Waals surface area contributed by atoms with Crippen molar-refractivity contribution in [2.24, 2.45) is 0 Å². The number of ketones is 1. The first-order valence-corrected chi connectivity index (χ1v) is 11.7. The molecule has 4 aromatic rings. The van der Waals surface area contributed by atoms with Gasteiger partial charge in [-0.2, -0.15) is 0 Å². The number of allylic oxidation sites excluding steroid dienone is 1. The number of Topliss-reactive ketones (excluding diaryl/α,β-unsaturated/α-hetero) is 1. The maximum Gasteiger partial charge on any atom is 0.167 e. The molecule has 168 valence electrons. The molecule has 0 bridgehead atoms. The SMILES string of the molecule is Cc1cccc(C(=O)Cc2ccc(C)c(Cc3cc(-c4cccc(N)c4)c4c(n3)CC=C4)c2)c1. The largest absolute Gasteiger partial charge is 0.399 e. The van der Waals surface area contributed by atoms with E-state index in [1.54, 1.807) is 0 Å². The van der Waals surface area contributed by atoms with Gasteiger partial charge in [0.25, 0.3) is 0 Å². The number of aromatic nitrogens is 1. The Hall–Kier alpha value is -3.98. The van der Waals surface area contributed by atoms with Crippen molar-refractivity contribution in [3.05, 3.63) is 124 Å². The van der Waals surface area contributed by atoms with E-state index >= 15 is 0 Å². The monoisotopic (exact) mass is 444 g/mol. The van der Waals surface area contributed by atoms with Crippen LogP contribution >= 0.6 is 0 Å². The number of nitrogens with zero attached hydrogens (tertiary/aromatic N) is 1. The summed E-state index contributed by atoms with van der Waals surface area (Å²) in [6, 6.07) is 24.4. The smallest absolute Gasteiger partial charge is 0.167 e. The molecular formula is C31H28N2O. The highest BCUT2D eigenvalue weighted by molar-refractivity contribution is 5.97. The maximum absolute atomic E-state index is 12.8. The highest BCUT2D eigenvalue weighted by atomic mass is 16.1. The van der Waals surface area contributed by atoms with Gasteiger partial charge in [0.1, 0.15) is 0 Å². The highest BCUT2D eigenvalue weighted by Gasteiger charge is 2.16. The first-order chi connectivity index (χ1) is 16.5. The van der Waals surface area contributed by atoms with Crippen LogP contribution in [0, 0.1) is 13.8 Å². The second kappa shape index (κ2) is 9.11. The van der Waals surface area contributed by atoms with Gasteiger partial charge in [0.2, 0.25) is 0 Å². The minimum Gasteiger partial charge on any atom is -0.399 e. The Morgan fingerprint density at radius 2 is 1.82 bits per heavy atom. The van der Waals surface area contributed by atoms with Crippen LogP contribution in [0.5, 0.6) is 0 Å². The Bertz CT molecular complexity index is 1430. The predicted octanol–water partition coefficient (Wildman–Crippen LogP) is 6.53. The van der Waals surface area contributed by atoms with Crippen molar-refractivity contribution in [3.63, 3.8) is 0 Å². The van der Waals surface area contributed by atoms with E-state index in [0.29, 0.717) is 6.42 Å². The standard InChI is InChI=1S/C31H28N2O/c1-20-6-3-8-24(14-20)31(34)16-22-13-12-21(2)25(15-22)18-27-19-29(23-7-4-9-26(32)17-23)28-10-5-11-30(28)33-27/h3-10,12-15,17,19H,11,16,18,32H2,1-2H3. The normalized spacial score (nSPS) is 12.1. The molecule has 1 heterocycles. The Balaban J connectivity index is 1.45. The van der Waals surface area contributed by atoms with E-state index in [2.05, 4.69) is 49.4 Å². The number of carbonyl (C=O) groups excluding carboxylic acids is 1. The molecule has 3 aromatic carbocycles. The minimum atomic E-state index is 0.143. The lowest BCUT2D eigenvalue weighted by molar-refractivity contribution is 0.0993. The third kappa shape index (κ3) is 4.55. The molecule has 1 aromatic heterocycles. The van der Waals surface area contributed by atoms with E-state index in [4.69, 9.17) is 10.7 Å². The lowest BCUT2D eigenvalue weighted by Gasteiger charge is -2.14. The summed E-state index contributed by atoms with van der Waals surface area (Å²) in [5.74, 6) is 0.143. The summed E-state index contributed by atoms with van der Waals surface area (Å²) in [5.41, 5.74) is 17.7. The van der Waals surface area contributed by atoms with E-state index in [0.717, 1.165) is 52.2 Å². The minimum absolute atomic E-state index is 0.143. The van der Waals surface area contributed by atoms with Gasteiger partial charge in [0.15, 0.2) is 5.78 Å². The lowest BCUT2D eigenvalue weighted by atomic mass is 9.94. The molecule has 5 rings (SSSR count). The first-order valence-electron chi connectivity index (χ1n) is 11.7. The van der Waals surface area contributed by atoms with Crippen molar-refractivity contribution < 1.29 is 4.79 Å². The third-order valence-electron chi connectivity index (χ3n) is 6.47. The van der Waals surface area contributed by atoms with Crippen LogP contribution in [-0.2, 0) is 19.3 Å². The first kappa shape index (κ1) is 21.8. The van der Waals surface area contributed by atoms with Gasteiger partial charge in [-0.1, -0.05) is 66.2 Å². The number of benzene rings is 3. The Labute approximate surface area is 201 Å². The number of nitrogen functional groups attached to an aromatic ring is 1. The molecule has 0 aliphatic heterocycles. The average Bonchev–Trinajstić information content (AvgIpc) is 3.29. The Morgan fingerprint density at radius 1 is 0.971 bits per heavy atom. The Morgan fingerprint density at radius 3 is 2.65 bits per heavy atom. The van der Waals surface area contributed by atoms with E-state index in [-0.39, 0.29) is 5.78 Å². The number of pyridine rings is 1. The van der Waals surface area contributed by atoms with E-state index in [9.17, 15) is 4.79 Å². The number of carbonyl (C=O) groups is 1. The van der Waals surface area contributed by atoms with Crippen LogP contribution in [0.3, 0.4) is 0 Å². The van der Waals surface area contributed by atoms with Crippen molar-refractivity contribution in [1.29, 1.82) is 0 Å². The zero-order chi connectivity index (χ0) is 23.7. The number of anilines is 1. The molecule has 1 aliphatic carbocycles. The zero-order valence-electron chi connectivity index (χ0n) is 19.6. The van der Waals surface area contributed by atoms with Crippen molar-refractivity contribution in [1.82, 2.24) is 4.98 Å². The molecule has 0 radical (unpaired) electrons. The maximum atomic E-state index is 12.8. The van der Waals surface area contributed by atoms with Crippen molar-refractivity contribution in [2.75, 3.05) is 5.73 Å². The second-order valence-electron chi connectivity index (χ2n) is 9.16. The zero-order valence-corrected chi connectivity index (χ0v) is 19.6. The summed E-state index contributed by atoms with van der Waals surface area (Å²) in [6.45, 7) is 4.13. The highest BCUT2D eigenvalue weighted by Crippen LogP contribution is 2.33. The van der Waals surface area contributed by atoms with Gasteiger partial charge in [-0.15, -0.1) is 0 Å². The fourth-order valence-electron chi connectivity index (χ4n) is 4.66. The molecule has 3 nitrogen and oxygen atoms in total. The number of rotatable bonds is 6. The molecule has 34 heavy (non-hydrogen) atoms. The molecule has 2 N–H and O–H groups in total. The van der Waals surface area contributed by atoms with Crippen molar-refractivity contribution >= 4 is 17.5 Å². The van der Waals surface area contributed by atoms with E-state index < -0.39 is 0 Å². The quantitative estimate of drug-likeness (QED) is 0.272. The predicted molar refractivity (Wildman–Crippen MR) is 140 cm³/mol. The molecule has 0 spiro atoms. The second-order valence-corrected chi connectivity index (χ2v) is 9.16. The molecule has 1 aliphatic rings. The van der Waals surface area contributed by atoms with Crippen molar-refractivity contribution in [2.45, 2.75) is 33.1 Å². The van der Waals surface area contributed by atoms with Gasteiger partial charge in [0, 0.05) is 41.8 Å². The number of hydrogen-bond acceptors (Lipinski definition) is 3. The van der Waals surface area contributed by atoms with Crippen LogP contribution in [-0.4, -0.2) is 10.8 Å². The van der Waals surface area contributed by atoms with Crippen LogP contribution in [0.15, 0.2) is 78.9 Å².